The fraction of sp³-hybridized carbons (Fsp3) is 0.571. The summed E-state index contributed by atoms with van der Waals surface area (Å²) in [6, 6.07) is 0. The molecule has 0 bridgehead atoms. The predicted molar refractivity (Wildman–Crippen MR) is 40.7 cm³/mol. The Morgan fingerprint density at radius 3 is 1.55 bits per heavy atom. The summed E-state index contributed by atoms with van der Waals surface area (Å²) in [6.45, 7) is 7.70. The van der Waals surface area contributed by atoms with E-state index in [2.05, 4.69) is 6.58 Å². The van der Waals surface area contributed by atoms with Crippen molar-refractivity contribution < 1.29 is 15.0 Å². The van der Waals surface area contributed by atoms with Crippen LogP contribution in [0.5, 0.6) is 0 Å². The van der Waals surface area contributed by atoms with Gasteiger partial charge in [0.2, 0.25) is 0 Å². The molecule has 0 aromatic heterocycles. The number of aliphatic carboxylic acids is 1. The van der Waals surface area contributed by atoms with Gasteiger partial charge in [0.05, 0.1) is 5.97 Å². The van der Waals surface area contributed by atoms with Crippen LogP contribution >= 0.6 is 0 Å². The van der Waals surface area contributed by atoms with Gasteiger partial charge in [0.1, 0.15) is 0 Å². The number of carbonyl (C=O) groups is 1. The van der Waals surface area contributed by atoms with Gasteiger partial charge in [-0.15, -0.1) is 6.10 Å². The SMILES string of the molecule is C=C(C)C(=O)[O-].CC(C)[O-].[Mg+2]. The minimum Gasteiger partial charge on any atom is -0.852 e. The molecule has 0 rings (SSSR count). The molecular formula is C7H12MgO3. The molecule has 0 atom stereocenters. The summed E-state index contributed by atoms with van der Waals surface area (Å²) in [5, 5.41) is 19.0. The third-order valence-corrected chi connectivity index (χ3v) is 0.348. The normalized spacial score (nSPS) is 7.36. The van der Waals surface area contributed by atoms with E-state index >= 15 is 0 Å². The molecule has 0 radical (unpaired) electrons. The molecule has 0 heterocycles. The summed E-state index contributed by atoms with van der Waals surface area (Å²) in [5.41, 5.74) is 0.0648. The molecule has 0 unspecified atom stereocenters. The minimum atomic E-state index is -1.19. The van der Waals surface area contributed by atoms with Gasteiger partial charge in [0.15, 0.2) is 0 Å². The standard InChI is InChI=1S/C4H6O2.C3H7O.Mg/c1-3(2)4(5)6;1-3(2)4;/h1H2,2H3,(H,5,6);3H,1-2H3;/q;-1;+2/p-1. The Bertz CT molecular complexity index is 106. The molecule has 0 N–H and O–H groups in total. The number of carboxylic acids is 1. The van der Waals surface area contributed by atoms with Crippen LogP contribution in [0.3, 0.4) is 0 Å². The quantitative estimate of drug-likeness (QED) is 0.361. The number of hydrogen-bond acceptors (Lipinski definition) is 3. The first-order chi connectivity index (χ1) is 4.37. The van der Waals surface area contributed by atoms with Crippen molar-refractivity contribution in [1.29, 1.82) is 0 Å². The molecule has 0 aliphatic carbocycles. The maximum atomic E-state index is 9.53. The molecule has 0 fully saturated rings. The Morgan fingerprint density at radius 1 is 1.45 bits per heavy atom. The third kappa shape index (κ3) is 40.4. The first-order valence-corrected chi connectivity index (χ1v) is 2.90. The van der Waals surface area contributed by atoms with E-state index in [0.29, 0.717) is 0 Å². The Hall–Kier alpha value is -0.0638. The van der Waals surface area contributed by atoms with Crippen LogP contribution in [0.2, 0.25) is 0 Å². The zero-order chi connectivity index (χ0) is 8.73. The van der Waals surface area contributed by atoms with Crippen LogP contribution in [-0.4, -0.2) is 35.1 Å². The van der Waals surface area contributed by atoms with Gasteiger partial charge in [-0.1, -0.05) is 20.4 Å². The fourth-order valence-corrected chi connectivity index (χ4v) is 0. The Labute approximate surface area is 83.3 Å². The second kappa shape index (κ2) is 9.94. The van der Waals surface area contributed by atoms with Crippen molar-refractivity contribution in [3.8, 4) is 0 Å². The van der Waals surface area contributed by atoms with Crippen LogP contribution in [0.4, 0.5) is 0 Å². The van der Waals surface area contributed by atoms with Crippen molar-refractivity contribution >= 4 is 29.0 Å². The zero-order valence-electron chi connectivity index (χ0n) is 7.22. The van der Waals surface area contributed by atoms with Crippen molar-refractivity contribution in [3.05, 3.63) is 12.2 Å². The minimum absolute atomic E-state index is 0. The molecule has 0 spiro atoms. The zero-order valence-corrected chi connectivity index (χ0v) is 8.63. The molecule has 0 aromatic rings. The Balaban J connectivity index is -0.000000114. The van der Waals surface area contributed by atoms with Crippen molar-refractivity contribution in [2.45, 2.75) is 26.9 Å². The van der Waals surface area contributed by atoms with Gasteiger partial charge < -0.3 is 15.0 Å². The van der Waals surface area contributed by atoms with Crippen molar-refractivity contribution in [2.75, 3.05) is 0 Å². The second-order valence-corrected chi connectivity index (χ2v) is 2.12. The fourth-order valence-electron chi connectivity index (χ4n) is 0. The van der Waals surface area contributed by atoms with E-state index in [1.165, 1.54) is 6.92 Å². The number of carboxylic acid groups (broad SMARTS) is 1. The average molecular weight is 168 g/mol. The Morgan fingerprint density at radius 2 is 1.55 bits per heavy atom. The van der Waals surface area contributed by atoms with Crippen LogP contribution < -0.4 is 10.2 Å². The summed E-state index contributed by atoms with van der Waals surface area (Å²) in [6.07, 6.45) is -0.417. The Kier molecular flexibility index (Phi) is 15.5. The number of hydrogen-bond donors (Lipinski definition) is 0. The first kappa shape index (κ1) is 17.1. The van der Waals surface area contributed by atoms with E-state index in [4.69, 9.17) is 0 Å². The smallest absolute Gasteiger partial charge is 0.852 e. The van der Waals surface area contributed by atoms with Gasteiger partial charge in [-0.25, -0.2) is 0 Å². The maximum Gasteiger partial charge on any atom is 2.00 e. The van der Waals surface area contributed by atoms with Gasteiger partial charge in [0, 0.05) is 0 Å². The van der Waals surface area contributed by atoms with Gasteiger partial charge in [0.25, 0.3) is 0 Å². The first-order valence-electron chi connectivity index (χ1n) is 2.90. The monoisotopic (exact) mass is 168 g/mol. The van der Waals surface area contributed by atoms with Crippen LogP contribution in [0.15, 0.2) is 12.2 Å². The molecule has 11 heavy (non-hydrogen) atoms. The largest absolute Gasteiger partial charge is 2.00 e. The van der Waals surface area contributed by atoms with E-state index in [-0.39, 0.29) is 28.6 Å². The van der Waals surface area contributed by atoms with E-state index in [0.717, 1.165) is 0 Å². The summed E-state index contributed by atoms with van der Waals surface area (Å²) >= 11 is 0. The summed E-state index contributed by atoms with van der Waals surface area (Å²) in [7, 11) is 0. The van der Waals surface area contributed by atoms with Crippen LogP contribution in [-0.2, 0) is 4.79 Å². The summed E-state index contributed by atoms with van der Waals surface area (Å²) in [4.78, 5) is 9.49. The summed E-state index contributed by atoms with van der Waals surface area (Å²) < 4.78 is 0. The van der Waals surface area contributed by atoms with Crippen molar-refractivity contribution in [2.24, 2.45) is 0 Å². The van der Waals surface area contributed by atoms with Crippen molar-refractivity contribution in [3.63, 3.8) is 0 Å². The van der Waals surface area contributed by atoms with Crippen LogP contribution in [0.1, 0.15) is 20.8 Å². The second-order valence-electron chi connectivity index (χ2n) is 2.12. The summed E-state index contributed by atoms with van der Waals surface area (Å²) in [5.74, 6) is -1.19. The molecule has 60 valence electrons. The van der Waals surface area contributed by atoms with Crippen molar-refractivity contribution in [1.82, 2.24) is 0 Å². The third-order valence-electron chi connectivity index (χ3n) is 0.348. The van der Waals surface area contributed by atoms with Gasteiger partial charge >= 0.3 is 23.1 Å². The molecular weight excluding hydrogens is 156 g/mol. The predicted octanol–water partition coefficient (Wildman–Crippen LogP) is -1.31. The maximum absolute atomic E-state index is 9.53. The molecule has 0 amide bonds. The van der Waals surface area contributed by atoms with Crippen LogP contribution in [0, 0.1) is 0 Å². The molecule has 0 aliphatic rings. The molecule has 3 nitrogen and oxygen atoms in total. The topological polar surface area (TPSA) is 63.2 Å². The van der Waals surface area contributed by atoms with Gasteiger partial charge in [-0.3, -0.25) is 0 Å². The van der Waals surface area contributed by atoms with E-state index < -0.39 is 12.1 Å². The van der Waals surface area contributed by atoms with Gasteiger partial charge in [-0.2, -0.15) is 0 Å². The molecule has 0 aliphatic heterocycles. The molecule has 0 aromatic carbocycles. The van der Waals surface area contributed by atoms with E-state index in [1.54, 1.807) is 13.8 Å². The van der Waals surface area contributed by atoms with Gasteiger partial charge in [-0.05, 0) is 12.5 Å². The van der Waals surface area contributed by atoms with E-state index in [1.807, 2.05) is 0 Å². The average Bonchev–Trinajstić information content (AvgIpc) is 1.63. The van der Waals surface area contributed by atoms with Crippen LogP contribution in [0.25, 0.3) is 0 Å². The number of carbonyl (C=O) groups excluding carboxylic acids is 1. The number of rotatable bonds is 1. The molecule has 0 saturated heterocycles. The molecule has 4 heteroatoms. The molecule has 0 saturated carbocycles. The van der Waals surface area contributed by atoms with E-state index in [9.17, 15) is 15.0 Å².